The van der Waals surface area contributed by atoms with Gasteiger partial charge in [-0.3, -0.25) is 14.9 Å². The van der Waals surface area contributed by atoms with E-state index in [-0.39, 0.29) is 11.9 Å². The second-order valence-electron chi connectivity index (χ2n) is 7.51. The fourth-order valence-electron chi connectivity index (χ4n) is 3.78. The second-order valence-corrected chi connectivity index (χ2v) is 8.46. The van der Waals surface area contributed by atoms with Crippen molar-refractivity contribution in [2.75, 3.05) is 6.54 Å². The summed E-state index contributed by atoms with van der Waals surface area (Å²) in [5.41, 5.74) is 0. The van der Waals surface area contributed by atoms with Crippen LogP contribution >= 0.6 is 11.3 Å². The number of nitrogens with zero attached hydrogens (tertiary/aromatic N) is 1. The highest BCUT2D eigenvalue weighted by molar-refractivity contribution is 7.12. The first-order valence-electron chi connectivity index (χ1n) is 10.1. The van der Waals surface area contributed by atoms with Crippen molar-refractivity contribution < 1.29 is 23.9 Å². The average molecular weight is 422 g/mol. The fourth-order valence-corrected chi connectivity index (χ4v) is 4.46. The van der Waals surface area contributed by atoms with Crippen LogP contribution in [-0.4, -0.2) is 53.4 Å². The number of imide groups is 1. The Morgan fingerprint density at radius 2 is 1.90 bits per heavy atom. The van der Waals surface area contributed by atoms with Crippen molar-refractivity contribution >= 4 is 35.2 Å². The molecule has 2 fully saturated rings. The summed E-state index contributed by atoms with van der Waals surface area (Å²) >= 11 is 1.32. The average Bonchev–Trinajstić information content (AvgIpc) is 3.40. The van der Waals surface area contributed by atoms with Crippen molar-refractivity contribution in [2.24, 2.45) is 0 Å². The molecule has 1 unspecified atom stereocenters. The molecule has 9 heteroatoms. The minimum absolute atomic E-state index is 0.0738. The van der Waals surface area contributed by atoms with Crippen LogP contribution in [0.25, 0.3) is 0 Å². The van der Waals surface area contributed by atoms with Crippen molar-refractivity contribution in [3.05, 3.63) is 22.4 Å². The number of hydrogen-bond donors (Lipinski definition) is 2. The lowest BCUT2D eigenvalue weighted by Gasteiger charge is -2.25. The number of nitrogens with one attached hydrogen (secondary N) is 2. The second kappa shape index (κ2) is 9.87. The van der Waals surface area contributed by atoms with E-state index in [1.54, 1.807) is 17.5 Å². The molecular weight excluding hydrogens is 394 g/mol. The van der Waals surface area contributed by atoms with Crippen molar-refractivity contribution in [1.82, 2.24) is 15.5 Å². The number of ether oxygens (including phenoxy) is 1. The summed E-state index contributed by atoms with van der Waals surface area (Å²) in [6.45, 7) is 1.89. The number of hydrogen-bond acceptors (Lipinski definition) is 6. The van der Waals surface area contributed by atoms with Crippen molar-refractivity contribution in [1.29, 1.82) is 0 Å². The minimum Gasteiger partial charge on any atom is -0.451 e. The Morgan fingerprint density at radius 3 is 2.59 bits per heavy atom. The predicted molar refractivity (Wildman–Crippen MR) is 107 cm³/mol. The van der Waals surface area contributed by atoms with Gasteiger partial charge in [-0.1, -0.05) is 25.3 Å². The summed E-state index contributed by atoms with van der Waals surface area (Å²) in [6.07, 6.45) is 5.17. The molecule has 0 bridgehead atoms. The third-order valence-corrected chi connectivity index (χ3v) is 6.21. The van der Waals surface area contributed by atoms with Gasteiger partial charge in [0.2, 0.25) is 0 Å². The third kappa shape index (κ3) is 5.56. The van der Waals surface area contributed by atoms with Crippen LogP contribution in [0.4, 0.5) is 4.79 Å². The number of likely N-dealkylation sites (tertiary alicyclic amines) is 1. The molecule has 1 aliphatic heterocycles. The molecule has 1 aromatic heterocycles. The normalized spacial score (nSPS) is 20.7. The number of carbonyl (C=O) groups excluding carboxylic acids is 4. The van der Waals surface area contributed by atoms with Gasteiger partial charge in [-0.15, -0.1) is 11.3 Å². The van der Waals surface area contributed by atoms with E-state index in [2.05, 4.69) is 10.6 Å². The van der Waals surface area contributed by atoms with Gasteiger partial charge >= 0.3 is 12.0 Å². The van der Waals surface area contributed by atoms with E-state index in [0.717, 1.165) is 25.7 Å². The quantitative estimate of drug-likeness (QED) is 0.711. The summed E-state index contributed by atoms with van der Waals surface area (Å²) in [7, 11) is 0. The van der Waals surface area contributed by atoms with E-state index in [0.29, 0.717) is 24.3 Å². The summed E-state index contributed by atoms with van der Waals surface area (Å²) < 4.78 is 5.26. The predicted octanol–water partition coefficient (Wildman–Crippen LogP) is 2.44. The Hall–Kier alpha value is -2.42. The molecule has 2 aliphatic rings. The van der Waals surface area contributed by atoms with Gasteiger partial charge in [0.1, 0.15) is 6.04 Å². The first-order chi connectivity index (χ1) is 14.0. The third-order valence-electron chi connectivity index (χ3n) is 5.36. The molecular formula is C20H27N3O5S. The zero-order valence-corrected chi connectivity index (χ0v) is 17.3. The molecule has 0 aromatic carbocycles. The van der Waals surface area contributed by atoms with Crippen LogP contribution in [-0.2, 0) is 14.3 Å². The van der Waals surface area contributed by atoms with E-state index in [1.165, 1.54) is 29.6 Å². The molecule has 29 heavy (non-hydrogen) atoms. The van der Waals surface area contributed by atoms with E-state index in [1.807, 2.05) is 0 Å². The maximum absolute atomic E-state index is 12.6. The summed E-state index contributed by atoms with van der Waals surface area (Å²) in [5, 5.41) is 6.83. The molecule has 158 valence electrons. The van der Waals surface area contributed by atoms with Crippen molar-refractivity contribution in [3.63, 3.8) is 0 Å². The van der Waals surface area contributed by atoms with Gasteiger partial charge in [0, 0.05) is 12.6 Å². The van der Waals surface area contributed by atoms with Gasteiger partial charge in [-0.2, -0.15) is 0 Å². The number of urea groups is 1. The Kier molecular flexibility index (Phi) is 7.24. The maximum atomic E-state index is 12.6. The standard InChI is InChI=1S/C20H27N3O5S/c1-13(17(24)22-20(27)21-14-7-3-2-4-8-14)28-19(26)15-9-5-11-23(15)18(25)16-10-6-12-29-16/h6,10,12-15H,2-5,7-9,11H2,1H3,(H2,21,22,24,27)/t13?,15-/m0/s1. The number of esters is 1. The molecule has 1 aromatic rings. The monoisotopic (exact) mass is 421 g/mol. The smallest absolute Gasteiger partial charge is 0.329 e. The van der Waals surface area contributed by atoms with E-state index in [4.69, 9.17) is 4.74 Å². The maximum Gasteiger partial charge on any atom is 0.329 e. The van der Waals surface area contributed by atoms with E-state index in [9.17, 15) is 19.2 Å². The van der Waals surface area contributed by atoms with Crippen LogP contribution in [0.2, 0.25) is 0 Å². The molecule has 1 saturated heterocycles. The molecule has 2 heterocycles. The summed E-state index contributed by atoms with van der Waals surface area (Å²) in [6, 6.07) is 2.29. The Balaban J connectivity index is 1.49. The Labute approximate surface area is 174 Å². The van der Waals surface area contributed by atoms with Gasteiger partial charge in [0.25, 0.3) is 11.8 Å². The lowest BCUT2D eigenvalue weighted by Crippen LogP contribution is -2.49. The number of amides is 4. The van der Waals surface area contributed by atoms with Gasteiger partial charge in [0.15, 0.2) is 6.10 Å². The zero-order chi connectivity index (χ0) is 20.8. The van der Waals surface area contributed by atoms with Gasteiger partial charge in [-0.05, 0) is 44.1 Å². The lowest BCUT2D eigenvalue weighted by molar-refractivity contribution is -0.158. The van der Waals surface area contributed by atoms with Crippen molar-refractivity contribution in [3.8, 4) is 0 Å². The fraction of sp³-hybridized carbons (Fsp3) is 0.600. The topological polar surface area (TPSA) is 105 Å². The number of thiophene rings is 1. The van der Waals surface area contributed by atoms with Gasteiger partial charge in [0.05, 0.1) is 4.88 Å². The lowest BCUT2D eigenvalue weighted by atomic mass is 9.96. The summed E-state index contributed by atoms with van der Waals surface area (Å²) in [5.74, 6) is -1.51. The highest BCUT2D eigenvalue weighted by Gasteiger charge is 2.37. The number of carbonyl (C=O) groups is 4. The van der Waals surface area contributed by atoms with Crippen molar-refractivity contribution in [2.45, 2.75) is 70.1 Å². The molecule has 0 radical (unpaired) electrons. The molecule has 2 atom stereocenters. The van der Waals surface area contributed by atoms with Crippen LogP contribution in [0.3, 0.4) is 0 Å². The highest BCUT2D eigenvalue weighted by Crippen LogP contribution is 2.23. The van der Waals surface area contributed by atoms with E-state index >= 15 is 0 Å². The first kappa shape index (κ1) is 21.3. The zero-order valence-electron chi connectivity index (χ0n) is 16.5. The number of rotatable bonds is 5. The van der Waals surface area contributed by atoms with Crippen LogP contribution in [0.5, 0.6) is 0 Å². The Bertz CT molecular complexity index is 745. The molecule has 1 aliphatic carbocycles. The SMILES string of the molecule is CC(OC(=O)[C@@H]1CCCN1C(=O)c1cccs1)C(=O)NC(=O)NC1CCCCC1. The van der Waals surface area contributed by atoms with Crippen LogP contribution in [0, 0.1) is 0 Å². The molecule has 8 nitrogen and oxygen atoms in total. The largest absolute Gasteiger partial charge is 0.451 e. The molecule has 4 amide bonds. The molecule has 0 spiro atoms. The highest BCUT2D eigenvalue weighted by atomic mass is 32.1. The first-order valence-corrected chi connectivity index (χ1v) is 11.0. The minimum atomic E-state index is -1.13. The van der Waals surface area contributed by atoms with Crippen LogP contribution < -0.4 is 10.6 Å². The molecule has 1 saturated carbocycles. The van der Waals surface area contributed by atoms with Crippen LogP contribution in [0.15, 0.2) is 17.5 Å². The van der Waals surface area contributed by atoms with E-state index < -0.39 is 30.1 Å². The molecule has 3 rings (SSSR count). The van der Waals surface area contributed by atoms with Gasteiger partial charge in [-0.25, -0.2) is 9.59 Å². The summed E-state index contributed by atoms with van der Waals surface area (Å²) in [4.78, 5) is 51.4. The molecule has 2 N–H and O–H groups in total. The van der Waals surface area contributed by atoms with Crippen LogP contribution in [0.1, 0.15) is 61.5 Å². The Morgan fingerprint density at radius 1 is 1.14 bits per heavy atom. The van der Waals surface area contributed by atoms with Gasteiger partial charge < -0.3 is 15.0 Å².